The van der Waals surface area contributed by atoms with Gasteiger partial charge in [0.25, 0.3) is 0 Å². The van der Waals surface area contributed by atoms with Crippen molar-refractivity contribution in [3.05, 3.63) is 75.8 Å². The van der Waals surface area contributed by atoms with Crippen LogP contribution < -0.4 is 0 Å². The van der Waals surface area contributed by atoms with E-state index in [2.05, 4.69) is 52.9 Å². The Bertz CT molecular complexity index is 943. The van der Waals surface area contributed by atoms with Gasteiger partial charge in [0.05, 0.1) is 0 Å². The van der Waals surface area contributed by atoms with Gasteiger partial charge in [0.1, 0.15) is 10.5 Å². The summed E-state index contributed by atoms with van der Waals surface area (Å²) in [6.45, 7) is 2.91. The van der Waals surface area contributed by atoms with E-state index in [1.807, 2.05) is 12.4 Å². The summed E-state index contributed by atoms with van der Waals surface area (Å²) in [6, 6.07) is 12.7. The summed E-state index contributed by atoms with van der Waals surface area (Å²) in [4.78, 5) is 8.98. The molecule has 0 N–H and O–H groups in total. The van der Waals surface area contributed by atoms with E-state index < -0.39 is 0 Å². The number of nitrogens with zero attached hydrogens (tertiary/aromatic N) is 3. The second kappa shape index (κ2) is 6.89. The molecule has 4 heteroatoms. The lowest BCUT2D eigenvalue weighted by molar-refractivity contribution is 0.603. The van der Waals surface area contributed by atoms with Crippen LogP contribution >= 0.6 is 12.2 Å². The standard InChI is InChI=1S/C21H21N3S/c1-15-6-8-17(9-7-15)20-23-21(25)18-4-2-3-5-19(18)24(20)14-16-10-12-22-13-11-16/h6-13H,2-5,14H2,1H3. The molecule has 0 fully saturated rings. The molecule has 126 valence electrons. The zero-order chi connectivity index (χ0) is 17.2. The Hall–Kier alpha value is -2.33. The predicted molar refractivity (Wildman–Crippen MR) is 103 cm³/mol. The van der Waals surface area contributed by atoms with E-state index in [1.165, 1.54) is 35.2 Å². The Morgan fingerprint density at radius 2 is 1.72 bits per heavy atom. The number of fused-ring (bicyclic) bond motifs is 1. The molecule has 4 rings (SSSR count). The Morgan fingerprint density at radius 3 is 2.48 bits per heavy atom. The average molecular weight is 347 g/mol. The van der Waals surface area contributed by atoms with Crippen molar-refractivity contribution in [3.63, 3.8) is 0 Å². The molecule has 0 saturated carbocycles. The smallest absolute Gasteiger partial charge is 0.142 e. The molecule has 0 amide bonds. The molecule has 3 nitrogen and oxygen atoms in total. The lowest BCUT2D eigenvalue weighted by Crippen LogP contribution is -2.18. The van der Waals surface area contributed by atoms with Crippen LogP contribution in [0.1, 0.15) is 35.2 Å². The highest BCUT2D eigenvalue weighted by Crippen LogP contribution is 2.28. The molecule has 25 heavy (non-hydrogen) atoms. The number of hydrogen-bond donors (Lipinski definition) is 0. The van der Waals surface area contributed by atoms with Gasteiger partial charge in [-0.05, 0) is 50.3 Å². The summed E-state index contributed by atoms with van der Waals surface area (Å²) in [7, 11) is 0. The number of benzene rings is 1. The molecule has 1 aliphatic carbocycles. The lowest BCUT2D eigenvalue weighted by Gasteiger charge is -2.24. The zero-order valence-electron chi connectivity index (χ0n) is 14.4. The van der Waals surface area contributed by atoms with Crippen molar-refractivity contribution >= 4 is 12.2 Å². The molecule has 0 spiro atoms. The van der Waals surface area contributed by atoms with Crippen LogP contribution in [0.15, 0.2) is 48.8 Å². The van der Waals surface area contributed by atoms with E-state index in [9.17, 15) is 0 Å². The third-order valence-corrected chi connectivity index (χ3v) is 5.22. The Labute approximate surface area is 153 Å². The van der Waals surface area contributed by atoms with Crippen LogP contribution in [0.4, 0.5) is 0 Å². The van der Waals surface area contributed by atoms with Gasteiger partial charge in [-0.3, -0.25) is 4.98 Å². The minimum absolute atomic E-state index is 0.774. The molecule has 0 bridgehead atoms. The van der Waals surface area contributed by atoms with Gasteiger partial charge < -0.3 is 4.57 Å². The Balaban J connectivity index is 1.91. The normalized spacial score (nSPS) is 13.5. The maximum Gasteiger partial charge on any atom is 0.142 e. The highest BCUT2D eigenvalue weighted by molar-refractivity contribution is 7.71. The fourth-order valence-corrected chi connectivity index (χ4v) is 3.84. The van der Waals surface area contributed by atoms with E-state index in [0.717, 1.165) is 35.4 Å². The minimum atomic E-state index is 0.774. The summed E-state index contributed by atoms with van der Waals surface area (Å²) < 4.78 is 3.14. The highest BCUT2D eigenvalue weighted by Gasteiger charge is 2.19. The highest BCUT2D eigenvalue weighted by atomic mass is 32.1. The van der Waals surface area contributed by atoms with Gasteiger partial charge in [0, 0.05) is 35.8 Å². The average Bonchev–Trinajstić information content (AvgIpc) is 2.66. The fraction of sp³-hybridized carbons (Fsp3) is 0.286. The first-order chi connectivity index (χ1) is 12.2. The van der Waals surface area contributed by atoms with Crippen molar-refractivity contribution in [2.45, 2.75) is 39.2 Å². The number of aryl methyl sites for hydroxylation is 1. The molecule has 0 saturated heterocycles. The second-order valence-electron chi connectivity index (χ2n) is 6.68. The van der Waals surface area contributed by atoms with Crippen molar-refractivity contribution in [1.29, 1.82) is 0 Å². The Kier molecular flexibility index (Phi) is 4.45. The summed E-state index contributed by atoms with van der Waals surface area (Å²) >= 11 is 5.64. The number of pyridine rings is 1. The van der Waals surface area contributed by atoms with E-state index in [1.54, 1.807) is 0 Å². The molecule has 0 radical (unpaired) electrons. The maximum atomic E-state index is 5.64. The van der Waals surface area contributed by atoms with Crippen LogP contribution in [0.5, 0.6) is 0 Å². The molecule has 0 atom stereocenters. The van der Waals surface area contributed by atoms with Gasteiger partial charge in [-0.15, -0.1) is 0 Å². The van der Waals surface area contributed by atoms with Crippen molar-refractivity contribution in [2.24, 2.45) is 0 Å². The first-order valence-corrected chi connectivity index (χ1v) is 9.22. The molecule has 2 heterocycles. The largest absolute Gasteiger partial charge is 0.325 e. The summed E-state index contributed by atoms with van der Waals surface area (Å²) in [5.74, 6) is 0.975. The molecular weight excluding hydrogens is 326 g/mol. The van der Waals surface area contributed by atoms with Gasteiger partial charge >= 0.3 is 0 Å². The van der Waals surface area contributed by atoms with Crippen LogP contribution in [0, 0.1) is 11.6 Å². The predicted octanol–water partition coefficient (Wildman–Crippen LogP) is 4.91. The zero-order valence-corrected chi connectivity index (χ0v) is 15.2. The molecule has 0 unspecified atom stereocenters. The fourth-order valence-electron chi connectivity index (χ4n) is 3.53. The van der Waals surface area contributed by atoms with E-state index in [-0.39, 0.29) is 0 Å². The van der Waals surface area contributed by atoms with Crippen molar-refractivity contribution < 1.29 is 0 Å². The molecule has 0 aliphatic heterocycles. The molecule has 1 aliphatic rings. The van der Waals surface area contributed by atoms with Crippen molar-refractivity contribution in [2.75, 3.05) is 0 Å². The quantitative estimate of drug-likeness (QED) is 0.631. The second-order valence-corrected chi connectivity index (χ2v) is 7.07. The summed E-state index contributed by atoms with van der Waals surface area (Å²) in [5, 5.41) is 0. The van der Waals surface area contributed by atoms with Crippen molar-refractivity contribution in [3.8, 4) is 11.4 Å². The van der Waals surface area contributed by atoms with Crippen LogP contribution in [0.25, 0.3) is 11.4 Å². The van der Waals surface area contributed by atoms with Crippen LogP contribution in [0.2, 0.25) is 0 Å². The molecule has 3 aromatic rings. The minimum Gasteiger partial charge on any atom is -0.325 e. The first kappa shape index (κ1) is 16.2. The van der Waals surface area contributed by atoms with Gasteiger partial charge in [0.15, 0.2) is 0 Å². The lowest BCUT2D eigenvalue weighted by atomic mass is 9.96. The number of hydrogen-bond acceptors (Lipinski definition) is 3. The van der Waals surface area contributed by atoms with Crippen LogP contribution in [0.3, 0.4) is 0 Å². The number of aromatic nitrogens is 3. The molecule has 2 aromatic heterocycles. The van der Waals surface area contributed by atoms with Crippen LogP contribution in [-0.4, -0.2) is 14.5 Å². The van der Waals surface area contributed by atoms with Gasteiger partial charge in [0.2, 0.25) is 0 Å². The molecular formula is C21H21N3S. The van der Waals surface area contributed by atoms with Crippen molar-refractivity contribution in [1.82, 2.24) is 14.5 Å². The monoisotopic (exact) mass is 347 g/mol. The van der Waals surface area contributed by atoms with Gasteiger partial charge in [-0.2, -0.15) is 0 Å². The van der Waals surface area contributed by atoms with E-state index in [4.69, 9.17) is 17.2 Å². The summed E-state index contributed by atoms with van der Waals surface area (Å²) in [5.41, 5.74) is 6.24. The Morgan fingerprint density at radius 1 is 1.00 bits per heavy atom. The molecule has 1 aromatic carbocycles. The van der Waals surface area contributed by atoms with Crippen LogP contribution in [-0.2, 0) is 19.4 Å². The third kappa shape index (κ3) is 3.27. The third-order valence-electron chi connectivity index (χ3n) is 4.89. The maximum absolute atomic E-state index is 5.64. The van der Waals surface area contributed by atoms with Gasteiger partial charge in [-0.25, -0.2) is 4.98 Å². The summed E-state index contributed by atoms with van der Waals surface area (Å²) in [6.07, 6.45) is 8.25. The van der Waals surface area contributed by atoms with Gasteiger partial charge in [-0.1, -0.05) is 42.0 Å². The van der Waals surface area contributed by atoms with E-state index in [0.29, 0.717) is 0 Å². The first-order valence-electron chi connectivity index (χ1n) is 8.81. The number of rotatable bonds is 3. The topological polar surface area (TPSA) is 30.7 Å². The SMILES string of the molecule is Cc1ccc(-c2nc(=S)c3c(n2Cc2ccncc2)CCCC3)cc1. The van der Waals surface area contributed by atoms with E-state index >= 15 is 0 Å².